The molecule has 0 unspecified atom stereocenters. The Labute approximate surface area is 196 Å². The van der Waals surface area contributed by atoms with Crippen LogP contribution in [0.3, 0.4) is 0 Å². The standard InChI is InChI=1S/C22H23BINO5S/c1-14-8-10-15(11-9-14)31(26,27)28-20-17(23-29-21(2,3)22(4,5)30-23)13-18(24)16-7-6-12-25-19(16)20/h6-13H,1-5H3. The van der Waals surface area contributed by atoms with Crippen molar-refractivity contribution in [1.82, 2.24) is 4.98 Å². The summed E-state index contributed by atoms with van der Waals surface area (Å²) < 4.78 is 45.3. The summed E-state index contributed by atoms with van der Waals surface area (Å²) in [6, 6.07) is 12.0. The van der Waals surface area contributed by atoms with Crippen LogP contribution in [-0.2, 0) is 19.4 Å². The van der Waals surface area contributed by atoms with Crippen LogP contribution in [0.2, 0.25) is 0 Å². The molecule has 3 aromatic rings. The van der Waals surface area contributed by atoms with Crippen molar-refractivity contribution in [2.75, 3.05) is 0 Å². The van der Waals surface area contributed by atoms with E-state index in [2.05, 4.69) is 27.6 Å². The number of fused-ring (bicyclic) bond motifs is 1. The van der Waals surface area contributed by atoms with Gasteiger partial charge in [-0.1, -0.05) is 23.8 Å². The first-order valence-electron chi connectivity index (χ1n) is 9.85. The largest absolute Gasteiger partial charge is 0.498 e. The van der Waals surface area contributed by atoms with E-state index in [-0.39, 0.29) is 10.6 Å². The fraction of sp³-hybridized carbons (Fsp3) is 0.318. The number of rotatable bonds is 4. The van der Waals surface area contributed by atoms with E-state index in [0.29, 0.717) is 11.0 Å². The van der Waals surface area contributed by atoms with Crippen LogP contribution >= 0.6 is 22.6 Å². The lowest BCUT2D eigenvalue weighted by Gasteiger charge is -2.32. The van der Waals surface area contributed by atoms with E-state index in [9.17, 15) is 8.42 Å². The van der Waals surface area contributed by atoms with Gasteiger partial charge in [-0.3, -0.25) is 4.98 Å². The van der Waals surface area contributed by atoms with E-state index in [1.165, 1.54) is 12.1 Å². The highest BCUT2D eigenvalue weighted by atomic mass is 127. The molecule has 0 radical (unpaired) electrons. The van der Waals surface area contributed by atoms with Crippen molar-refractivity contribution in [3.8, 4) is 5.75 Å². The van der Waals surface area contributed by atoms with E-state index < -0.39 is 28.4 Å². The molecule has 0 amide bonds. The van der Waals surface area contributed by atoms with Gasteiger partial charge in [0.25, 0.3) is 0 Å². The van der Waals surface area contributed by atoms with Crippen LogP contribution in [0.5, 0.6) is 5.75 Å². The van der Waals surface area contributed by atoms with Gasteiger partial charge in [-0.15, -0.1) is 0 Å². The SMILES string of the molecule is Cc1ccc(S(=O)(=O)Oc2c(B3OC(C)(C)C(C)(C)O3)cc(I)c3cccnc23)cc1. The molecule has 1 aliphatic heterocycles. The summed E-state index contributed by atoms with van der Waals surface area (Å²) >= 11 is 2.20. The predicted molar refractivity (Wildman–Crippen MR) is 129 cm³/mol. The Kier molecular flexibility index (Phi) is 5.60. The molecule has 1 aliphatic rings. The van der Waals surface area contributed by atoms with E-state index in [0.717, 1.165) is 14.5 Å². The number of halogens is 1. The average molecular weight is 551 g/mol. The maximum Gasteiger partial charge on any atom is 0.498 e. The second kappa shape index (κ2) is 7.72. The maximum atomic E-state index is 13.1. The highest BCUT2D eigenvalue weighted by molar-refractivity contribution is 14.1. The fourth-order valence-corrected chi connectivity index (χ4v) is 5.02. The molecule has 1 saturated heterocycles. The van der Waals surface area contributed by atoms with Crippen molar-refractivity contribution in [2.24, 2.45) is 0 Å². The zero-order valence-electron chi connectivity index (χ0n) is 18.0. The van der Waals surface area contributed by atoms with Gasteiger partial charge in [-0.2, -0.15) is 8.42 Å². The number of hydrogen-bond acceptors (Lipinski definition) is 6. The molecule has 2 heterocycles. The van der Waals surface area contributed by atoms with Gasteiger partial charge in [0.05, 0.1) is 11.2 Å². The maximum absolute atomic E-state index is 13.1. The van der Waals surface area contributed by atoms with E-state index >= 15 is 0 Å². The summed E-state index contributed by atoms with van der Waals surface area (Å²) in [7, 11) is -4.90. The van der Waals surface area contributed by atoms with Crippen molar-refractivity contribution in [3.05, 3.63) is 57.8 Å². The molecular formula is C22H23BINO5S. The van der Waals surface area contributed by atoms with Gasteiger partial charge in [-0.25, -0.2) is 0 Å². The second-order valence-corrected chi connectivity index (χ2v) is 11.3. The van der Waals surface area contributed by atoms with Crippen LogP contribution in [-0.4, -0.2) is 31.7 Å². The van der Waals surface area contributed by atoms with E-state index in [1.54, 1.807) is 24.4 Å². The summed E-state index contributed by atoms with van der Waals surface area (Å²) in [6.07, 6.45) is 1.61. The van der Waals surface area contributed by atoms with E-state index in [4.69, 9.17) is 13.5 Å². The minimum atomic E-state index is -4.10. The topological polar surface area (TPSA) is 74.7 Å². The third-order valence-electron chi connectivity index (χ3n) is 5.83. The molecule has 9 heteroatoms. The summed E-state index contributed by atoms with van der Waals surface area (Å²) in [6.45, 7) is 9.67. The Balaban J connectivity index is 1.88. The minimum absolute atomic E-state index is 0.0700. The molecule has 0 spiro atoms. The van der Waals surface area contributed by atoms with Gasteiger partial charge in [0.2, 0.25) is 0 Å². The van der Waals surface area contributed by atoms with Gasteiger partial charge in [0, 0.05) is 20.6 Å². The first-order chi connectivity index (χ1) is 14.4. The Bertz CT molecular complexity index is 1240. The Morgan fingerprint density at radius 1 is 1.03 bits per heavy atom. The molecule has 162 valence electrons. The average Bonchev–Trinajstić information content (AvgIpc) is 2.91. The number of nitrogens with zero attached hydrogens (tertiary/aromatic N) is 1. The molecule has 0 saturated carbocycles. The molecule has 0 aliphatic carbocycles. The number of pyridine rings is 1. The van der Waals surface area contributed by atoms with Crippen molar-refractivity contribution in [2.45, 2.75) is 50.7 Å². The third-order valence-corrected chi connectivity index (χ3v) is 7.96. The first kappa shape index (κ1) is 22.5. The summed E-state index contributed by atoms with van der Waals surface area (Å²) in [5, 5.41) is 0.789. The Hall–Kier alpha value is -1.69. The van der Waals surface area contributed by atoms with Crippen molar-refractivity contribution in [3.63, 3.8) is 0 Å². The quantitative estimate of drug-likeness (QED) is 0.275. The molecule has 1 fully saturated rings. The van der Waals surface area contributed by atoms with Crippen LogP contribution in [0.1, 0.15) is 33.3 Å². The smallest absolute Gasteiger partial charge is 0.399 e. The lowest BCUT2D eigenvalue weighted by molar-refractivity contribution is 0.00578. The van der Waals surface area contributed by atoms with Gasteiger partial charge >= 0.3 is 17.2 Å². The fourth-order valence-electron chi connectivity index (χ4n) is 3.29. The zero-order valence-corrected chi connectivity index (χ0v) is 20.9. The van der Waals surface area contributed by atoms with Gasteiger partial charge < -0.3 is 13.5 Å². The number of hydrogen-bond donors (Lipinski definition) is 0. The van der Waals surface area contributed by atoms with Crippen LogP contribution in [0.15, 0.2) is 53.6 Å². The van der Waals surface area contributed by atoms with Gasteiger partial charge in [0.15, 0.2) is 5.75 Å². The molecule has 0 atom stereocenters. The van der Waals surface area contributed by atoms with Crippen molar-refractivity contribution in [1.29, 1.82) is 0 Å². The number of benzene rings is 2. The molecule has 6 nitrogen and oxygen atoms in total. The molecule has 4 rings (SSSR count). The van der Waals surface area contributed by atoms with E-state index in [1.807, 2.05) is 46.8 Å². The normalized spacial score (nSPS) is 17.8. The first-order valence-corrected chi connectivity index (χ1v) is 12.3. The number of aryl methyl sites for hydroxylation is 1. The second-order valence-electron chi connectivity index (χ2n) is 8.62. The monoisotopic (exact) mass is 551 g/mol. The third kappa shape index (κ3) is 4.08. The lowest BCUT2D eigenvalue weighted by Crippen LogP contribution is -2.41. The molecular weight excluding hydrogens is 528 g/mol. The van der Waals surface area contributed by atoms with Gasteiger partial charge in [0.1, 0.15) is 10.4 Å². The van der Waals surface area contributed by atoms with Crippen molar-refractivity contribution >= 4 is 56.2 Å². The van der Waals surface area contributed by atoms with Crippen LogP contribution in [0.25, 0.3) is 10.9 Å². The molecule has 0 bridgehead atoms. The van der Waals surface area contributed by atoms with Crippen LogP contribution in [0.4, 0.5) is 0 Å². The summed E-state index contributed by atoms with van der Waals surface area (Å²) in [5.74, 6) is 0.120. The summed E-state index contributed by atoms with van der Waals surface area (Å²) in [4.78, 5) is 4.50. The molecule has 1 aromatic heterocycles. The lowest BCUT2D eigenvalue weighted by atomic mass is 9.78. The summed E-state index contributed by atoms with van der Waals surface area (Å²) in [5.41, 5.74) is 0.711. The Morgan fingerprint density at radius 2 is 1.65 bits per heavy atom. The zero-order chi connectivity index (χ0) is 22.6. The van der Waals surface area contributed by atoms with Gasteiger partial charge in [-0.05, 0) is 81.5 Å². The van der Waals surface area contributed by atoms with Crippen LogP contribution < -0.4 is 9.65 Å². The molecule has 2 aromatic carbocycles. The van der Waals surface area contributed by atoms with Crippen molar-refractivity contribution < 1.29 is 21.9 Å². The molecule has 0 N–H and O–H groups in total. The minimum Gasteiger partial charge on any atom is -0.399 e. The molecule has 31 heavy (non-hydrogen) atoms. The number of aromatic nitrogens is 1. The predicted octanol–water partition coefficient (Wildman–Crippen LogP) is 4.21. The highest BCUT2D eigenvalue weighted by Gasteiger charge is 2.53. The van der Waals surface area contributed by atoms with Crippen LogP contribution in [0, 0.1) is 10.5 Å². The highest BCUT2D eigenvalue weighted by Crippen LogP contribution is 2.39. The Morgan fingerprint density at radius 3 is 2.26 bits per heavy atom.